The van der Waals surface area contributed by atoms with Crippen LogP contribution in [0.3, 0.4) is 0 Å². The molecule has 2 saturated carbocycles. The zero-order valence-corrected chi connectivity index (χ0v) is 17.4. The highest BCUT2D eigenvalue weighted by Gasteiger charge is 2.42. The van der Waals surface area contributed by atoms with Crippen molar-refractivity contribution in [2.75, 3.05) is 11.1 Å². The normalized spacial score (nSPS) is 24.7. The Balaban J connectivity index is 1.24. The molecular weight excluding hydrogens is 376 g/mol. The van der Waals surface area contributed by atoms with Crippen LogP contribution in [0.4, 0.5) is 10.8 Å². The van der Waals surface area contributed by atoms with E-state index in [9.17, 15) is 4.79 Å². The van der Waals surface area contributed by atoms with Gasteiger partial charge in [0, 0.05) is 11.7 Å². The lowest BCUT2D eigenvalue weighted by Crippen LogP contribution is -2.40. The fraction of sp³-hybridized carbons (Fsp3) is 0.550. The molecule has 0 saturated heterocycles. The molecule has 4 unspecified atom stereocenters. The molecule has 1 amide bonds. The number of hydrogen-bond donors (Lipinski definition) is 2. The van der Waals surface area contributed by atoms with E-state index in [1.54, 1.807) is 0 Å². The molecule has 2 bridgehead atoms. The number of carbonyl (C=O) groups is 1. The van der Waals surface area contributed by atoms with Gasteiger partial charge in [0.1, 0.15) is 0 Å². The van der Waals surface area contributed by atoms with Gasteiger partial charge >= 0.3 is 0 Å². The van der Waals surface area contributed by atoms with Crippen molar-refractivity contribution in [2.24, 2.45) is 17.8 Å². The lowest BCUT2D eigenvalue weighted by atomic mass is 9.84. The van der Waals surface area contributed by atoms with Gasteiger partial charge in [-0.3, -0.25) is 4.79 Å². The van der Waals surface area contributed by atoms with Crippen LogP contribution in [0.1, 0.15) is 38.2 Å². The zero-order valence-electron chi connectivity index (χ0n) is 15.8. The molecule has 2 aliphatic rings. The monoisotopic (exact) mass is 402 g/mol. The van der Waals surface area contributed by atoms with E-state index in [4.69, 9.17) is 0 Å². The molecule has 2 aliphatic carbocycles. The Labute approximate surface area is 168 Å². The first kappa shape index (κ1) is 18.7. The van der Waals surface area contributed by atoms with Crippen molar-refractivity contribution >= 4 is 39.8 Å². The van der Waals surface area contributed by atoms with Crippen molar-refractivity contribution in [1.82, 2.24) is 15.5 Å². The lowest BCUT2D eigenvalue weighted by molar-refractivity contribution is -0.119. The third kappa shape index (κ3) is 4.63. The number of nitrogens with zero attached hydrogens (tertiary/aromatic N) is 2. The molecule has 144 valence electrons. The Hall–Kier alpha value is -1.60. The summed E-state index contributed by atoms with van der Waals surface area (Å²) in [6.45, 7) is 4.23. The van der Waals surface area contributed by atoms with E-state index in [0.29, 0.717) is 11.7 Å². The van der Waals surface area contributed by atoms with E-state index in [0.717, 1.165) is 27.0 Å². The molecule has 1 aromatic heterocycles. The molecule has 7 heteroatoms. The molecule has 1 aromatic carbocycles. The van der Waals surface area contributed by atoms with Crippen LogP contribution in [0, 0.1) is 24.7 Å². The molecule has 0 radical (unpaired) electrons. The number of anilines is 2. The largest absolute Gasteiger partial charge is 0.353 e. The number of nitrogens with one attached hydrogen (secondary N) is 2. The van der Waals surface area contributed by atoms with Crippen LogP contribution in [0.25, 0.3) is 0 Å². The lowest BCUT2D eigenvalue weighted by Gasteiger charge is -2.28. The second kappa shape index (κ2) is 8.19. The predicted molar refractivity (Wildman–Crippen MR) is 112 cm³/mol. The number of aromatic nitrogens is 2. The Bertz CT molecular complexity index is 809. The van der Waals surface area contributed by atoms with Crippen molar-refractivity contribution in [3.63, 3.8) is 0 Å². The van der Waals surface area contributed by atoms with Crippen molar-refractivity contribution in [1.29, 1.82) is 0 Å². The average molecular weight is 403 g/mol. The molecule has 2 fully saturated rings. The molecule has 0 aliphatic heterocycles. The molecule has 0 spiro atoms. The minimum atomic E-state index is 0.0960. The number of rotatable bonds is 7. The van der Waals surface area contributed by atoms with Crippen LogP contribution in [0.5, 0.6) is 0 Å². The van der Waals surface area contributed by atoms with Gasteiger partial charge < -0.3 is 10.6 Å². The first-order chi connectivity index (χ1) is 13.1. The third-order valence-electron chi connectivity index (χ3n) is 5.83. The zero-order chi connectivity index (χ0) is 18.8. The Morgan fingerprint density at radius 3 is 2.96 bits per heavy atom. The maximum atomic E-state index is 12.3. The summed E-state index contributed by atoms with van der Waals surface area (Å²) in [4.78, 5) is 12.3. The molecule has 4 rings (SSSR count). The van der Waals surface area contributed by atoms with Crippen LogP contribution in [0.2, 0.25) is 0 Å². The van der Waals surface area contributed by atoms with Gasteiger partial charge in [0.2, 0.25) is 11.0 Å². The first-order valence-electron chi connectivity index (χ1n) is 9.66. The number of carbonyl (C=O) groups excluding carboxylic acids is 1. The summed E-state index contributed by atoms with van der Waals surface area (Å²) in [7, 11) is 0. The van der Waals surface area contributed by atoms with Crippen LogP contribution in [0.15, 0.2) is 28.6 Å². The summed E-state index contributed by atoms with van der Waals surface area (Å²) in [5.41, 5.74) is 2.19. The number of benzene rings is 1. The average Bonchev–Trinajstić information content (AvgIpc) is 3.37. The SMILES string of the molecule is Cc1cccc(Nc2nnc(SCC(=O)NC(C)C3CC4CCC3C4)s2)c1. The Morgan fingerprint density at radius 1 is 1.33 bits per heavy atom. The van der Waals surface area contributed by atoms with E-state index in [1.807, 2.05) is 12.1 Å². The highest BCUT2D eigenvalue weighted by atomic mass is 32.2. The van der Waals surface area contributed by atoms with Crippen LogP contribution in [-0.2, 0) is 4.79 Å². The minimum absolute atomic E-state index is 0.0960. The maximum absolute atomic E-state index is 12.3. The second-order valence-electron chi connectivity index (χ2n) is 7.85. The maximum Gasteiger partial charge on any atom is 0.230 e. The van der Waals surface area contributed by atoms with Crippen molar-refractivity contribution in [2.45, 2.75) is 49.9 Å². The number of aryl methyl sites for hydroxylation is 1. The van der Waals surface area contributed by atoms with Crippen LogP contribution < -0.4 is 10.6 Å². The third-order valence-corrected chi connectivity index (χ3v) is 7.80. The van der Waals surface area contributed by atoms with E-state index in [-0.39, 0.29) is 11.9 Å². The molecule has 27 heavy (non-hydrogen) atoms. The smallest absolute Gasteiger partial charge is 0.230 e. The van der Waals surface area contributed by atoms with Crippen LogP contribution >= 0.6 is 23.1 Å². The van der Waals surface area contributed by atoms with Crippen molar-refractivity contribution in [3.8, 4) is 0 Å². The molecular formula is C20H26N4OS2. The number of thioether (sulfide) groups is 1. The second-order valence-corrected chi connectivity index (χ2v) is 10.1. The summed E-state index contributed by atoms with van der Waals surface area (Å²) < 4.78 is 0.813. The molecule has 1 heterocycles. The predicted octanol–water partition coefficient (Wildman–Crippen LogP) is 4.62. The van der Waals surface area contributed by atoms with E-state index in [1.165, 1.54) is 54.3 Å². The van der Waals surface area contributed by atoms with Gasteiger partial charge in [-0.25, -0.2) is 0 Å². The Kier molecular flexibility index (Phi) is 5.68. The van der Waals surface area contributed by atoms with Gasteiger partial charge in [-0.1, -0.05) is 41.7 Å². The summed E-state index contributed by atoms with van der Waals surface area (Å²) in [5, 5.41) is 15.6. The summed E-state index contributed by atoms with van der Waals surface area (Å²) >= 11 is 2.93. The highest BCUT2D eigenvalue weighted by Crippen LogP contribution is 2.49. The fourth-order valence-corrected chi connectivity index (χ4v) is 6.18. The topological polar surface area (TPSA) is 66.9 Å². The van der Waals surface area contributed by atoms with E-state index in [2.05, 4.69) is 46.8 Å². The van der Waals surface area contributed by atoms with E-state index >= 15 is 0 Å². The van der Waals surface area contributed by atoms with Gasteiger partial charge in [0.15, 0.2) is 4.34 Å². The standard InChI is InChI=1S/C20H26N4OS2/c1-12-4-3-5-16(8-12)22-19-23-24-20(27-19)26-11-18(25)21-13(2)17-10-14-6-7-15(17)9-14/h3-5,8,13-15,17H,6-7,9-11H2,1-2H3,(H,21,25)(H,22,23). The molecule has 5 nitrogen and oxygen atoms in total. The first-order valence-corrected chi connectivity index (χ1v) is 11.5. The highest BCUT2D eigenvalue weighted by molar-refractivity contribution is 8.01. The van der Waals surface area contributed by atoms with Gasteiger partial charge in [-0.15, -0.1) is 10.2 Å². The van der Waals surface area contributed by atoms with E-state index < -0.39 is 0 Å². The van der Waals surface area contributed by atoms with Gasteiger partial charge in [0.25, 0.3) is 0 Å². The number of fused-ring (bicyclic) bond motifs is 2. The van der Waals surface area contributed by atoms with Gasteiger partial charge in [-0.2, -0.15) is 0 Å². The number of amides is 1. The van der Waals surface area contributed by atoms with Crippen molar-refractivity contribution in [3.05, 3.63) is 29.8 Å². The minimum Gasteiger partial charge on any atom is -0.353 e. The number of hydrogen-bond acceptors (Lipinski definition) is 6. The molecule has 2 aromatic rings. The fourth-order valence-electron chi connectivity index (χ4n) is 4.60. The quantitative estimate of drug-likeness (QED) is 0.661. The van der Waals surface area contributed by atoms with Gasteiger partial charge in [-0.05, 0) is 68.6 Å². The molecule has 2 N–H and O–H groups in total. The van der Waals surface area contributed by atoms with Gasteiger partial charge in [0.05, 0.1) is 5.75 Å². The Morgan fingerprint density at radius 2 is 2.22 bits per heavy atom. The summed E-state index contributed by atoms with van der Waals surface area (Å²) in [5.74, 6) is 2.90. The van der Waals surface area contributed by atoms with Crippen LogP contribution in [-0.4, -0.2) is 27.9 Å². The summed E-state index contributed by atoms with van der Waals surface area (Å²) in [6, 6.07) is 8.42. The molecule has 4 atom stereocenters. The van der Waals surface area contributed by atoms with Crippen molar-refractivity contribution < 1.29 is 4.79 Å². The summed E-state index contributed by atoms with van der Waals surface area (Å²) in [6.07, 6.45) is 5.42.